The summed E-state index contributed by atoms with van der Waals surface area (Å²) in [4.78, 5) is 22.6. The van der Waals surface area contributed by atoms with Crippen molar-refractivity contribution in [1.82, 2.24) is 24.6 Å². The summed E-state index contributed by atoms with van der Waals surface area (Å²) < 4.78 is 1.72. The number of benzene rings is 1. The lowest BCUT2D eigenvalue weighted by Gasteiger charge is -2.23. The molecule has 3 aromatic rings. The maximum absolute atomic E-state index is 12.5. The first-order chi connectivity index (χ1) is 13.3. The number of aromatic amines is 1. The molecule has 0 amide bonds. The lowest BCUT2D eigenvalue weighted by molar-refractivity contribution is 0.245. The van der Waals surface area contributed by atoms with E-state index >= 15 is 0 Å². The van der Waals surface area contributed by atoms with E-state index in [9.17, 15) is 4.79 Å². The largest absolute Gasteiger partial charge is 0.352 e. The van der Waals surface area contributed by atoms with Gasteiger partial charge in [0, 0.05) is 25.2 Å². The predicted molar refractivity (Wildman–Crippen MR) is 105 cm³/mol. The van der Waals surface area contributed by atoms with E-state index in [1.807, 2.05) is 30.3 Å². The van der Waals surface area contributed by atoms with Gasteiger partial charge in [0.1, 0.15) is 5.39 Å². The maximum atomic E-state index is 12.5. The number of para-hydroxylation sites is 1. The first-order valence-electron chi connectivity index (χ1n) is 9.82. The Labute approximate surface area is 157 Å². The van der Waals surface area contributed by atoms with Crippen molar-refractivity contribution in [3.05, 3.63) is 46.9 Å². The molecular weight excluding hydrogens is 340 g/mol. The molecule has 1 aliphatic carbocycles. The molecule has 1 atom stereocenters. The van der Waals surface area contributed by atoms with Crippen LogP contribution in [-0.4, -0.2) is 49.8 Å². The number of rotatable bonds is 4. The van der Waals surface area contributed by atoms with E-state index in [0.29, 0.717) is 23.0 Å². The van der Waals surface area contributed by atoms with Crippen LogP contribution < -0.4 is 10.9 Å². The van der Waals surface area contributed by atoms with Gasteiger partial charge in [-0.15, -0.1) is 0 Å². The first kappa shape index (κ1) is 16.5. The maximum Gasteiger partial charge on any atom is 0.263 e. The van der Waals surface area contributed by atoms with Crippen molar-refractivity contribution in [3.63, 3.8) is 0 Å². The highest BCUT2D eigenvalue weighted by molar-refractivity contribution is 5.76. The number of hydrogen-bond acceptors (Lipinski definition) is 5. The van der Waals surface area contributed by atoms with Gasteiger partial charge in [0.2, 0.25) is 5.95 Å². The molecule has 140 valence electrons. The summed E-state index contributed by atoms with van der Waals surface area (Å²) in [6, 6.07) is 10.8. The standard InChI is InChI=1S/C20H24N6O/c27-19-17-12-21-26(16-8-2-1-3-9-16)18(17)23-20(24-19)22-14-10-11-25(13-14)15-6-4-5-7-15/h1-3,8-9,12,14-15H,4-7,10-11,13H2,(H2,22,23,24,27). The molecule has 7 heteroatoms. The Morgan fingerprint density at radius 2 is 1.93 bits per heavy atom. The number of nitrogens with one attached hydrogen (secondary N) is 2. The zero-order valence-corrected chi connectivity index (χ0v) is 15.3. The minimum atomic E-state index is -0.157. The van der Waals surface area contributed by atoms with Crippen molar-refractivity contribution in [2.75, 3.05) is 18.4 Å². The molecule has 5 rings (SSSR count). The number of hydrogen-bond donors (Lipinski definition) is 2. The number of likely N-dealkylation sites (tertiary alicyclic amines) is 1. The topological polar surface area (TPSA) is 78.8 Å². The van der Waals surface area contributed by atoms with Gasteiger partial charge in [-0.25, -0.2) is 4.68 Å². The molecule has 7 nitrogen and oxygen atoms in total. The molecule has 27 heavy (non-hydrogen) atoms. The number of H-pyrrole nitrogens is 1. The van der Waals surface area contributed by atoms with Crippen molar-refractivity contribution in [2.24, 2.45) is 0 Å². The third-order valence-electron chi connectivity index (χ3n) is 5.84. The quantitative estimate of drug-likeness (QED) is 0.744. The predicted octanol–water partition coefficient (Wildman–Crippen LogP) is 2.54. The number of fused-ring (bicyclic) bond motifs is 1. The monoisotopic (exact) mass is 364 g/mol. The van der Waals surface area contributed by atoms with Gasteiger partial charge in [0.15, 0.2) is 5.65 Å². The van der Waals surface area contributed by atoms with Gasteiger partial charge < -0.3 is 5.32 Å². The molecule has 2 fully saturated rings. The van der Waals surface area contributed by atoms with Gasteiger partial charge in [-0.2, -0.15) is 10.1 Å². The van der Waals surface area contributed by atoms with Crippen molar-refractivity contribution in [1.29, 1.82) is 0 Å². The molecule has 0 radical (unpaired) electrons. The molecule has 0 bridgehead atoms. The zero-order valence-electron chi connectivity index (χ0n) is 15.3. The van der Waals surface area contributed by atoms with Crippen molar-refractivity contribution in [2.45, 2.75) is 44.2 Å². The summed E-state index contributed by atoms with van der Waals surface area (Å²) in [5, 5.41) is 8.31. The van der Waals surface area contributed by atoms with Crippen molar-refractivity contribution in [3.8, 4) is 5.69 Å². The molecule has 0 spiro atoms. The summed E-state index contributed by atoms with van der Waals surface area (Å²) in [7, 11) is 0. The van der Waals surface area contributed by atoms with E-state index in [1.54, 1.807) is 10.9 Å². The van der Waals surface area contributed by atoms with Crippen LogP contribution in [0.1, 0.15) is 32.1 Å². The average molecular weight is 364 g/mol. The molecule has 2 aliphatic rings. The minimum absolute atomic E-state index is 0.157. The summed E-state index contributed by atoms with van der Waals surface area (Å²) in [6.45, 7) is 2.14. The van der Waals surface area contributed by atoms with Crippen LogP contribution in [0.15, 0.2) is 41.3 Å². The Morgan fingerprint density at radius 3 is 2.74 bits per heavy atom. The molecule has 3 heterocycles. The fourth-order valence-electron chi connectivity index (χ4n) is 4.44. The van der Waals surface area contributed by atoms with Crippen LogP contribution in [0, 0.1) is 0 Å². The second-order valence-electron chi connectivity index (χ2n) is 7.61. The summed E-state index contributed by atoms with van der Waals surface area (Å²) in [6.07, 6.45) is 8.02. The molecule has 1 aromatic carbocycles. The van der Waals surface area contributed by atoms with E-state index in [-0.39, 0.29) is 5.56 Å². The molecule has 1 aliphatic heterocycles. The average Bonchev–Trinajstić information content (AvgIpc) is 3.43. The van der Waals surface area contributed by atoms with Crippen LogP contribution in [0.2, 0.25) is 0 Å². The van der Waals surface area contributed by atoms with Crippen molar-refractivity contribution >= 4 is 17.0 Å². The van der Waals surface area contributed by atoms with Crippen molar-refractivity contribution < 1.29 is 0 Å². The Kier molecular flexibility index (Phi) is 4.16. The third-order valence-corrected chi connectivity index (χ3v) is 5.84. The SMILES string of the molecule is O=c1[nH]c(NC2CCN(C3CCCC3)C2)nc2c1cnn2-c1ccccc1. The van der Waals surface area contributed by atoms with Crippen LogP contribution in [0.4, 0.5) is 5.95 Å². The Balaban J connectivity index is 1.40. The Bertz CT molecular complexity index is 989. The second kappa shape index (κ2) is 6.81. The second-order valence-corrected chi connectivity index (χ2v) is 7.61. The van der Waals surface area contributed by atoms with Gasteiger partial charge in [-0.1, -0.05) is 31.0 Å². The molecule has 2 N–H and O–H groups in total. The van der Waals surface area contributed by atoms with Gasteiger partial charge in [0.25, 0.3) is 5.56 Å². The van der Waals surface area contributed by atoms with E-state index < -0.39 is 0 Å². The summed E-state index contributed by atoms with van der Waals surface area (Å²) >= 11 is 0. The summed E-state index contributed by atoms with van der Waals surface area (Å²) in [5.74, 6) is 0.531. The minimum Gasteiger partial charge on any atom is -0.352 e. The number of aromatic nitrogens is 4. The van der Waals surface area contributed by atoms with Crippen LogP contribution in [0.3, 0.4) is 0 Å². The van der Waals surface area contributed by atoms with Crippen LogP contribution in [-0.2, 0) is 0 Å². The molecular formula is C20H24N6O. The number of anilines is 1. The fraction of sp³-hybridized carbons (Fsp3) is 0.450. The molecule has 1 unspecified atom stereocenters. The van der Waals surface area contributed by atoms with Crippen LogP contribution in [0.25, 0.3) is 16.7 Å². The van der Waals surface area contributed by atoms with Gasteiger partial charge in [0.05, 0.1) is 11.9 Å². The molecule has 1 saturated heterocycles. The van der Waals surface area contributed by atoms with E-state index in [0.717, 1.165) is 31.2 Å². The highest BCUT2D eigenvalue weighted by Crippen LogP contribution is 2.27. The Hall–Kier alpha value is -2.67. The smallest absolute Gasteiger partial charge is 0.263 e. The van der Waals surface area contributed by atoms with Gasteiger partial charge in [-0.05, 0) is 31.4 Å². The molecule has 2 aromatic heterocycles. The highest BCUT2D eigenvalue weighted by Gasteiger charge is 2.30. The van der Waals surface area contributed by atoms with Crippen LogP contribution in [0.5, 0.6) is 0 Å². The summed E-state index contributed by atoms with van der Waals surface area (Å²) in [5.41, 5.74) is 1.32. The molecule has 1 saturated carbocycles. The first-order valence-corrected chi connectivity index (χ1v) is 9.82. The fourth-order valence-corrected chi connectivity index (χ4v) is 4.44. The van der Waals surface area contributed by atoms with E-state index in [1.165, 1.54) is 25.7 Å². The van der Waals surface area contributed by atoms with Gasteiger partial charge >= 0.3 is 0 Å². The van der Waals surface area contributed by atoms with Gasteiger partial charge in [-0.3, -0.25) is 14.7 Å². The Morgan fingerprint density at radius 1 is 1.11 bits per heavy atom. The highest BCUT2D eigenvalue weighted by atomic mass is 16.1. The normalized spacial score (nSPS) is 21.3. The zero-order chi connectivity index (χ0) is 18.2. The third kappa shape index (κ3) is 3.12. The van der Waals surface area contributed by atoms with E-state index in [4.69, 9.17) is 0 Å². The van der Waals surface area contributed by atoms with Crippen LogP contribution >= 0.6 is 0 Å². The lowest BCUT2D eigenvalue weighted by atomic mass is 10.2. The number of nitrogens with zero attached hydrogens (tertiary/aromatic N) is 4. The lowest BCUT2D eigenvalue weighted by Crippen LogP contribution is -2.33. The van der Waals surface area contributed by atoms with E-state index in [2.05, 4.69) is 25.3 Å².